The van der Waals surface area contributed by atoms with Crippen LogP contribution in [0.15, 0.2) is 34.8 Å². The van der Waals surface area contributed by atoms with Gasteiger partial charge in [0.1, 0.15) is 11.6 Å². The summed E-state index contributed by atoms with van der Waals surface area (Å²) in [5.41, 5.74) is 1.08. The topological polar surface area (TPSA) is 24.9 Å². The van der Waals surface area contributed by atoms with E-state index in [4.69, 9.17) is 0 Å². The average molecular weight is 369 g/mol. The number of nitrogens with zero attached hydrogens (tertiary/aromatic N) is 1. The molecule has 0 amide bonds. The molecule has 5 heteroatoms. The lowest BCUT2D eigenvalue weighted by Crippen LogP contribution is -2.30. The summed E-state index contributed by atoms with van der Waals surface area (Å²) in [4.78, 5) is 4.28. The van der Waals surface area contributed by atoms with E-state index in [1.54, 1.807) is 12.1 Å². The van der Waals surface area contributed by atoms with Crippen LogP contribution < -0.4 is 5.32 Å². The van der Waals surface area contributed by atoms with Gasteiger partial charge in [-0.3, -0.25) is 0 Å². The van der Waals surface area contributed by atoms with Crippen molar-refractivity contribution in [2.45, 2.75) is 33.4 Å². The molecule has 0 saturated carbocycles. The maximum Gasteiger partial charge on any atom is 0.146 e. The molecule has 0 radical (unpaired) electrons. The fourth-order valence-electron chi connectivity index (χ4n) is 1.95. The second kappa shape index (κ2) is 7.29. The van der Waals surface area contributed by atoms with Crippen LogP contribution in [-0.4, -0.2) is 11.0 Å². The fraction of sp³-hybridized carbons (Fsp3) is 0.353. The number of hydrogen-bond acceptors (Lipinski definition) is 2. The Morgan fingerprint density at radius 3 is 2.45 bits per heavy atom. The summed E-state index contributed by atoms with van der Waals surface area (Å²) in [6.45, 7) is 6.54. The normalized spacial score (nSPS) is 12.7. The lowest BCUT2D eigenvalue weighted by Gasteiger charge is -2.17. The van der Waals surface area contributed by atoms with Crippen molar-refractivity contribution in [1.29, 1.82) is 0 Å². The van der Waals surface area contributed by atoms with E-state index in [2.05, 4.69) is 40.1 Å². The van der Waals surface area contributed by atoms with Gasteiger partial charge in [-0.25, -0.2) is 13.8 Å². The van der Waals surface area contributed by atoms with Crippen LogP contribution in [0, 0.1) is 17.6 Å². The van der Waals surface area contributed by atoms with Gasteiger partial charge in [0.15, 0.2) is 0 Å². The Labute approximate surface area is 138 Å². The first-order valence-electron chi connectivity index (χ1n) is 7.22. The Balaban J connectivity index is 2.28. The van der Waals surface area contributed by atoms with E-state index in [0.717, 1.165) is 4.47 Å². The maximum absolute atomic E-state index is 13.9. The molecule has 22 heavy (non-hydrogen) atoms. The van der Waals surface area contributed by atoms with Gasteiger partial charge in [0, 0.05) is 22.6 Å². The minimum Gasteiger partial charge on any atom is -0.308 e. The fourth-order valence-corrected chi connectivity index (χ4v) is 2.31. The van der Waals surface area contributed by atoms with Crippen LogP contribution in [0.2, 0.25) is 0 Å². The highest BCUT2D eigenvalue weighted by molar-refractivity contribution is 9.10. The van der Waals surface area contributed by atoms with Crippen molar-refractivity contribution in [2.24, 2.45) is 5.92 Å². The highest BCUT2D eigenvalue weighted by atomic mass is 79.9. The van der Waals surface area contributed by atoms with Crippen LogP contribution in [0.1, 0.15) is 26.5 Å². The van der Waals surface area contributed by atoms with Crippen LogP contribution in [0.25, 0.3) is 11.3 Å². The molecule has 1 aromatic heterocycles. The average Bonchev–Trinajstić information content (AvgIpc) is 2.48. The van der Waals surface area contributed by atoms with E-state index in [1.165, 1.54) is 18.2 Å². The molecule has 0 spiro atoms. The largest absolute Gasteiger partial charge is 0.308 e. The minimum absolute atomic E-state index is 0.243. The number of halogens is 3. The number of pyridine rings is 1. The van der Waals surface area contributed by atoms with Crippen molar-refractivity contribution < 1.29 is 8.78 Å². The van der Waals surface area contributed by atoms with Gasteiger partial charge in [-0.05, 0) is 43.2 Å². The summed E-state index contributed by atoms with van der Waals surface area (Å²) in [5.74, 6) is -0.326. The third-order valence-corrected chi connectivity index (χ3v) is 4.21. The summed E-state index contributed by atoms with van der Waals surface area (Å²) in [6, 6.07) is 7.70. The third-order valence-electron chi connectivity index (χ3n) is 3.71. The van der Waals surface area contributed by atoms with Gasteiger partial charge in [0.2, 0.25) is 0 Å². The molecule has 1 N–H and O–H groups in total. The maximum atomic E-state index is 13.9. The Morgan fingerprint density at radius 1 is 1.09 bits per heavy atom. The quantitative estimate of drug-likeness (QED) is 0.809. The van der Waals surface area contributed by atoms with Crippen molar-refractivity contribution in [2.75, 3.05) is 0 Å². The van der Waals surface area contributed by atoms with Gasteiger partial charge in [-0.1, -0.05) is 29.8 Å². The Bertz CT molecular complexity index is 659. The van der Waals surface area contributed by atoms with Crippen LogP contribution in [0.3, 0.4) is 0 Å². The van der Waals surface area contributed by atoms with Gasteiger partial charge in [-0.15, -0.1) is 0 Å². The Hall–Kier alpha value is -1.33. The summed E-state index contributed by atoms with van der Waals surface area (Å²) in [6.07, 6.45) is 0. The molecule has 2 aromatic rings. The number of benzene rings is 1. The summed E-state index contributed by atoms with van der Waals surface area (Å²) < 4.78 is 28.6. The third kappa shape index (κ3) is 4.11. The molecule has 0 fully saturated rings. The molecule has 1 heterocycles. The van der Waals surface area contributed by atoms with Crippen molar-refractivity contribution >= 4 is 15.9 Å². The first-order chi connectivity index (χ1) is 10.4. The lowest BCUT2D eigenvalue weighted by atomic mass is 10.1. The van der Waals surface area contributed by atoms with Gasteiger partial charge in [-0.2, -0.15) is 0 Å². The summed E-state index contributed by atoms with van der Waals surface area (Å²) in [5, 5.41) is 3.24. The monoisotopic (exact) mass is 368 g/mol. The molecule has 0 bridgehead atoms. The van der Waals surface area contributed by atoms with Crippen molar-refractivity contribution in [3.8, 4) is 11.3 Å². The molecule has 2 nitrogen and oxygen atoms in total. The Morgan fingerprint density at radius 2 is 1.77 bits per heavy atom. The summed E-state index contributed by atoms with van der Waals surface area (Å²) in [7, 11) is 0. The molecule has 0 aliphatic heterocycles. The van der Waals surface area contributed by atoms with Crippen molar-refractivity contribution in [3.63, 3.8) is 0 Å². The summed E-state index contributed by atoms with van der Waals surface area (Å²) >= 11 is 3.31. The SMILES string of the molecule is CC(C)[C@@H](C)NCc1nc(-c2cc(Br)ccc2F)ccc1F. The van der Waals surface area contributed by atoms with E-state index in [0.29, 0.717) is 29.4 Å². The van der Waals surface area contributed by atoms with Gasteiger partial charge < -0.3 is 5.32 Å². The molecule has 0 saturated heterocycles. The van der Waals surface area contributed by atoms with E-state index < -0.39 is 0 Å². The number of nitrogens with one attached hydrogen (secondary N) is 1. The smallest absolute Gasteiger partial charge is 0.146 e. The number of rotatable bonds is 5. The van der Waals surface area contributed by atoms with E-state index >= 15 is 0 Å². The predicted molar refractivity (Wildman–Crippen MR) is 88.4 cm³/mol. The highest BCUT2D eigenvalue weighted by Crippen LogP contribution is 2.25. The molecule has 1 aromatic carbocycles. The van der Waals surface area contributed by atoms with Crippen LogP contribution >= 0.6 is 15.9 Å². The van der Waals surface area contributed by atoms with Crippen molar-refractivity contribution in [1.82, 2.24) is 10.3 Å². The van der Waals surface area contributed by atoms with Gasteiger partial charge in [0.05, 0.1) is 11.4 Å². The molecule has 2 rings (SSSR count). The number of aromatic nitrogens is 1. The molecule has 0 aliphatic carbocycles. The molecule has 118 valence electrons. The van der Waals surface area contributed by atoms with Crippen LogP contribution in [0.4, 0.5) is 8.78 Å². The first-order valence-corrected chi connectivity index (χ1v) is 8.02. The molecular weight excluding hydrogens is 350 g/mol. The van der Waals surface area contributed by atoms with Gasteiger partial charge >= 0.3 is 0 Å². The second-order valence-electron chi connectivity index (χ2n) is 5.66. The van der Waals surface area contributed by atoms with Crippen LogP contribution in [0.5, 0.6) is 0 Å². The highest BCUT2D eigenvalue weighted by Gasteiger charge is 2.13. The van der Waals surface area contributed by atoms with Gasteiger partial charge in [0.25, 0.3) is 0 Å². The first kappa shape index (κ1) is 17.0. The predicted octanol–water partition coefficient (Wildman–Crippen LogP) is 4.92. The lowest BCUT2D eigenvalue weighted by molar-refractivity contribution is 0.418. The van der Waals surface area contributed by atoms with Crippen molar-refractivity contribution in [3.05, 3.63) is 52.1 Å². The zero-order valence-corrected chi connectivity index (χ0v) is 14.4. The Kier molecular flexibility index (Phi) is 5.64. The van der Waals surface area contributed by atoms with E-state index in [9.17, 15) is 8.78 Å². The molecule has 0 aliphatic rings. The second-order valence-corrected chi connectivity index (χ2v) is 6.58. The van der Waals surface area contributed by atoms with E-state index in [-0.39, 0.29) is 17.7 Å². The standard InChI is InChI=1S/C17H19BrF2N2/c1-10(2)11(3)21-9-17-15(20)6-7-16(22-17)13-8-12(18)4-5-14(13)19/h4-8,10-11,21H,9H2,1-3H3/t11-/m1/s1. The van der Waals surface area contributed by atoms with Crippen LogP contribution in [-0.2, 0) is 6.54 Å². The zero-order chi connectivity index (χ0) is 16.3. The minimum atomic E-state index is -0.386. The number of hydrogen-bond donors (Lipinski definition) is 1. The zero-order valence-electron chi connectivity index (χ0n) is 12.8. The molecular formula is C17H19BrF2N2. The molecule has 1 atom stereocenters. The molecule has 0 unspecified atom stereocenters. The van der Waals surface area contributed by atoms with E-state index in [1.807, 2.05) is 6.92 Å².